The maximum Gasteiger partial charge on any atom is 0.0544 e. The first-order chi connectivity index (χ1) is 16.3. The molecular weight excluding hydrogens is 400 g/mol. The van der Waals surface area contributed by atoms with E-state index in [2.05, 4.69) is 138 Å². The summed E-state index contributed by atoms with van der Waals surface area (Å²) in [5.74, 6) is 0. The van der Waals surface area contributed by atoms with Crippen molar-refractivity contribution in [2.24, 2.45) is 0 Å². The number of para-hydroxylation sites is 3. The standard InChI is InChI=1S/C31H24N2/c1-22-9-7-12-26(21-22)33(24-10-3-2-4-11-24)25-19-17-23(18-20-25)27-14-8-15-29-28-13-5-6-16-30(28)32-31(27)29/h2-21,32H,1H3. The van der Waals surface area contributed by atoms with Gasteiger partial charge < -0.3 is 9.88 Å². The SMILES string of the molecule is Cc1cccc(N(c2ccccc2)c2ccc(-c3cccc4c3[nH]c3ccccc34)cc2)c1. The van der Waals surface area contributed by atoms with Crippen LogP contribution in [0.2, 0.25) is 0 Å². The lowest BCUT2D eigenvalue weighted by Crippen LogP contribution is -2.09. The number of anilines is 3. The molecule has 6 aromatic rings. The predicted molar refractivity (Wildman–Crippen MR) is 141 cm³/mol. The average molecular weight is 425 g/mol. The lowest BCUT2D eigenvalue weighted by Gasteiger charge is -2.26. The molecule has 0 fully saturated rings. The van der Waals surface area contributed by atoms with Gasteiger partial charge in [0, 0.05) is 38.9 Å². The van der Waals surface area contributed by atoms with E-state index < -0.39 is 0 Å². The average Bonchev–Trinajstić information content (AvgIpc) is 3.24. The Balaban J connectivity index is 1.46. The second kappa shape index (κ2) is 7.99. The summed E-state index contributed by atoms with van der Waals surface area (Å²) in [6.45, 7) is 2.14. The highest BCUT2D eigenvalue weighted by molar-refractivity contribution is 6.11. The molecular formula is C31H24N2. The molecule has 6 rings (SSSR count). The minimum atomic E-state index is 1.14. The number of hydrogen-bond acceptors (Lipinski definition) is 1. The number of aryl methyl sites for hydroxylation is 1. The number of rotatable bonds is 4. The third-order valence-corrected chi connectivity index (χ3v) is 6.25. The fraction of sp³-hybridized carbons (Fsp3) is 0.0323. The van der Waals surface area contributed by atoms with Crippen LogP contribution < -0.4 is 4.90 Å². The normalized spacial score (nSPS) is 11.2. The first-order valence-corrected chi connectivity index (χ1v) is 11.3. The highest BCUT2D eigenvalue weighted by Gasteiger charge is 2.14. The summed E-state index contributed by atoms with van der Waals surface area (Å²) >= 11 is 0. The van der Waals surface area contributed by atoms with Crippen molar-refractivity contribution in [3.8, 4) is 11.1 Å². The largest absolute Gasteiger partial charge is 0.354 e. The van der Waals surface area contributed by atoms with Crippen LogP contribution in [0.3, 0.4) is 0 Å². The second-order valence-corrected chi connectivity index (χ2v) is 8.46. The van der Waals surface area contributed by atoms with E-state index in [0.29, 0.717) is 0 Å². The highest BCUT2D eigenvalue weighted by Crippen LogP contribution is 2.37. The maximum absolute atomic E-state index is 3.63. The van der Waals surface area contributed by atoms with Crippen LogP contribution in [-0.4, -0.2) is 4.98 Å². The Labute approximate surface area is 193 Å². The molecule has 0 aliphatic rings. The molecule has 5 aromatic carbocycles. The molecule has 0 radical (unpaired) electrons. The number of H-pyrrole nitrogens is 1. The second-order valence-electron chi connectivity index (χ2n) is 8.46. The van der Waals surface area contributed by atoms with Crippen molar-refractivity contribution in [3.63, 3.8) is 0 Å². The molecule has 0 saturated carbocycles. The molecule has 1 N–H and O–H groups in total. The van der Waals surface area contributed by atoms with E-state index in [1.165, 1.54) is 38.5 Å². The van der Waals surface area contributed by atoms with Crippen molar-refractivity contribution >= 4 is 38.9 Å². The molecule has 33 heavy (non-hydrogen) atoms. The van der Waals surface area contributed by atoms with Crippen molar-refractivity contribution in [1.29, 1.82) is 0 Å². The van der Waals surface area contributed by atoms with Gasteiger partial charge in [0.05, 0.1) is 5.52 Å². The van der Waals surface area contributed by atoms with E-state index in [-0.39, 0.29) is 0 Å². The maximum atomic E-state index is 3.63. The summed E-state index contributed by atoms with van der Waals surface area (Å²) in [5.41, 5.74) is 9.47. The number of aromatic amines is 1. The fourth-order valence-electron chi connectivity index (χ4n) is 4.70. The Bertz CT molecular complexity index is 1560. The van der Waals surface area contributed by atoms with E-state index in [1.807, 2.05) is 0 Å². The third kappa shape index (κ3) is 3.46. The third-order valence-electron chi connectivity index (χ3n) is 6.25. The minimum absolute atomic E-state index is 1.14. The topological polar surface area (TPSA) is 19.0 Å². The minimum Gasteiger partial charge on any atom is -0.354 e. The smallest absolute Gasteiger partial charge is 0.0544 e. The molecule has 0 aliphatic carbocycles. The van der Waals surface area contributed by atoms with Gasteiger partial charge in [-0.05, 0) is 60.5 Å². The Hall–Kier alpha value is -4.30. The van der Waals surface area contributed by atoms with E-state index in [1.54, 1.807) is 0 Å². The number of benzene rings is 5. The van der Waals surface area contributed by atoms with Gasteiger partial charge in [0.25, 0.3) is 0 Å². The summed E-state index contributed by atoms with van der Waals surface area (Å²) in [4.78, 5) is 5.94. The van der Waals surface area contributed by atoms with Gasteiger partial charge in [0.15, 0.2) is 0 Å². The zero-order chi connectivity index (χ0) is 22.2. The molecule has 1 heterocycles. The molecule has 2 nitrogen and oxygen atoms in total. The van der Waals surface area contributed by atoms with Crippen LogP contribution in [0.25, 0.3) is 32.9 Å². The Morgan fingerprint density at radius 2 is 1.21 bits per heavy atom. The first-order valence-electron chi connectivity index (χ1n) is 11.3. The van der Waals surface area contributed by atoms with Gasteiger partial charge in [-0.3, -0.25) is 0 Å². The summed E-state index contributed by atoms with van der Waals surface area (Å²) in [6, 6.07) is 43.1. The van der Waals surface area contributed by atoms with E-state index in [4.69, 9.17) is 0 Å². The molecule has 1 aromatic heterocycles. The van der Waals surface area contributed by atoms with Crippen LogP contribution in [0.5, 0.6) is 0 Å². The summed E-state index contributed by atoms with van der Waals surface area (Å²) in [7, 11) is 0. The predicted octanol–water partition coefficient (Wildman–Crippen LogP) is 8.77. The molecule has 0 amide bonds. The van der Waals surface area contributed by atoms with Gasteiger partial charge >= 0.3 is 0 Å². The lowest BCUT2D eigenvalue weighted by atomic mass is 10.0. The fourth-order valence-corrected chi connectivity index (χ4v) is 4.70. The summed E-state index contributed by atoms with van der Waals surface area (Å²) < 4.78 is 0. The summed E-state index contributed by atoms with van der Waals surface area (Å²) in [5, 5.41) is 2.53. The highest BCUT2D eigenvalue weighted by atomic mass is 15.1. The Morgan fingerprint density at radius 3 is 2.03 bits per heavy atom. The van der Waals surface area contributed by atoms with Crippen LogP contribution in [0.4, 0.5) is 17.1 Å². The molecule has 0 unspecified atom stereocenters. The van der Waals surface area contributed by atoms with Crippen LogP contribution in [-0.2, 0) is 0 Å². The number of nitrogens with zero attached hydrogens (tertiary/aromatic N) is 1. The molecule has 0 spiro atoms. The van der Waals surface area contributed by atoms with Crippen molar-refractivity contribution in [2.45, 2.75) is 6.92 Å². The van der Waals surface area contributed by atoms with E-state index >= 15 is 0 Å². The van der Waals surface area contributed by atoms with Crippen LogP contribution in [0, 0.1) is 6.92 Å². The Morgan fingerprint density at radius 1 is 0.545 bits per heavy atom. The van der Waals surface area contributed by atoms with Crippen molar-refractivity contribution in [3.05, 3.63) is 127 Å². The van der Waals surface area contributed by atoms with Gasteiger partial charge in [0.1, 0.15) is 0 Å². The number of fused-ring (bicyclic) bond motifs is 3. The number of nitrogens with one attached hydrogen (secondary N) is 1. The monoisotopic (exact) mass is 424 g/mol. The van der Waals surface area contributed by atoms with Gasteiger partial charge in [-0.1, -0.05) is 78.9 Å². The quantitative estimate of drug-likeness (QED) is 0.300. The van der Waals surface area contributed by atoms with E-state index in [0.717, 1.165) is 17.1 Å². The van der Waals surface area contributed by atoms with Gasteiger partial charge in [-0.25, -0.2) is 0 Å². The van der Waals surface area contributed by atoms with E-state index in [9.17, 15) is 0 Å². The van der Waals surface area contributed by atoms with Crippen LogP contribution in [0.15, 0.2) is 121 Å². The van der Waals surface area contributed by atoms with Crippen molar-refractivity contribution in [1.82, 2.24) is 4.98 Å². The number of hydrogen-bond donors (Lipinski definition) is 1. The lowest BCUT2D eigenvalue weighted by molar-refractivity contribution is 1.27. The molecule has 0 saturated heterocycles. The van der Waals surface area contributed by atoms with Gasteiger partial charge in [0.2, 0.25) is 0 Å². The van der Waals surface area contributed by atoms with Crippen LogP contribution >= 0.6 is 0 Å². The first kappa shape index (κ1) is 19.4. The van der Waals surface area contributed by atoms with Crippen molar-refractivity contribution < 1.29 is 0 Å². The molecule has 0 aliphatic heterocycles. The zero-order valence-electron chi connectivity index (χ0n) is 18.5. The molecule has 0 bridgehead atoms. The number of aromatic nitrogens is 1. The zero-order valence-corrected chi connectivity index (χ0v) is 18.5. The Kier molecular flexibility index (Phi) is 4.70. The van der Waals surface area contributed by atoms with Crippen molar-refractivity contribution in [2.75, 3.05) is 4.90 Å². The van der Waals surface area contributed by atoms with Gasteiger partial charge in [-0.15, -0.1) is 0 Å². The molecule has 0 atom stereocenters. The molecule has 158 valence electrons. The summed E-state index contributed by atoms with van der Waals surface area (Å²) in [6.07, 6.45) is 0. The van der Waals surface area contributed by atoms with Gasteiger partial charge in [-0.2, -0.15) is 0 Å². The van der Waals surface area contributed by atoms with Crippen LogP contribution in [0.1, 0.15) is 5.56 Å². The molecule has 2 heteroatoms.